The van der Waals surface area contributed by atoms with Gasteiger partial charge in [-0.1, -0.05) is 0 Å². The highest BCUT2D eigenvalue weighted by molar-refractivity contribution is 6.14. The lowest BCUT2D eigenvalue weighted by Gasteiger charge is -2.38. The van der Waals surface area contributed by atoms with Crippen molar-refractivity contribution in [2.75, 3.05) is 36.5 Å². The highest BCUT2D eigenvalue weighted by Crippen LogP contribution is 2.31. The van der Waals surface area contributed by atoms with Crippen LogP contribution in [0.15, 0.2) is 36.7 Å². The van der Waals surface area contributed by atoms with E-state index < -0.39 is 23.9 Å². The number of halogens is 1. The third-order valence-electron chi connectivity index (χ3n) is 6.93. The number of nitrogens with one attached hydrogen (secondary N) is 3. The molecular weight excluding hydrogens is 519 g/mol. The normalized spacial score (nSPS) is 20.9. The number of carbonyl (C=O) groups is 2. The van der Waals surface area contributed by atoms with E-state index in [9.17, 15) is 14.0 Å². The number of piperazine rings is 1. The Balaban J connectivity index is 1.35. The number of carbonyl (C=O) groups excluding carboxylic acids is 2. The van der Waals surface area contributed by atoms with Crippen molar-refractivity contribution in [1.82, 2.24) is 30.4 Å². The van der Waals surface area contributed by atoms with Crippen molar-refractivity contribution < 1.29 is 23.5 Å². The minimum atomic E-state index is -0.532. The number of alkyl carbamates (subject to hydrolysis) is 1. The van der Waals surface area contributed by atoms with Crippen LogP contribution in [0.2, 0.25) is 0 Å². The Morgan fingerprint density at radius 1 is 1.23 bits per heavy atom. The number of hydrogen-bond acceptors (Lipinski definition) is 9. The minimum Gasteiger partial charge on any atom is -0.459 e. The summed E-state index contributed by atoms with van der Waals surface area (Å²) in [6, 6.07) is 7.10. The van der Waals surface area contributed by atoms with Crippen LogP contribution in [-0.2, 0) is 11.8 Å². The van der Waals surface area contributed by atoms with Gasteiger partial charge >= 0.3 is 12.1 Å². The van der Waals surface area contributed by atoms with E-state index in [1.807, 2.05) is 6.07 Å². The molecule has 2 aromatic heterocycles. The lowest BCUT2D eigenvalue weighted by molar-refractivity contribution is 0.100. The smallest absolute Gasteiger partial charge is 0.407 e. The van der Waals surface area contributed by atoms with Crippen molar-refractivity contribution in [3.63, 3.8) is 0 Å². The Kier molecular flexibility index (Phi) is 6.58. The molecule has 3 atom stereocenters. The summed E-state index contributed by atoms with van der Waals surface area (Å²) in [5, 5.41) is 14.3. The number of cyclic esters (lactones) is 1. The molecule has 0 aliphatic carbocycles. The number of benzene rings is 2. The summed E-state index contributed by atoms with van der Waals surface area (Å²) < 4.78 is 27.0. The van der Waals surface area contributed by atoms with Crippen LogP contribution in [0.3, 0.4) is 0 Å². The number of aromatic nitrogens is 4. The number of rotatable bonds is 6. The van der Waals surface area contributed by atoms with Gasteiger partial charge in [-0.25, -0.2) is 14.2 Å². The topological polar surface area (TPSA) is 136 Å². The molecule has 13 heteroatoms. The number of amides is 2. The molecule has 2 aromatic carbocycles. The lowest BCUT2D eigenvalue weighted by Crippen LogP contribution is -2.54. The van der Waals surface area contributed by atoms with Gasteiger partial charge < -0.3 is 30.3 Å². The molecule has 4 heterocycles. The first-order chi connectivity index (χ1) is 19.2. The monoisotopic (exact) mass is 548 g/mol. The van der Waals surface area contributed by atoms with Gasteiger partial charge in [0.15, 0.2) is 11.9 Å². The van der Waals surface area contributed by atoms with Crippen LogP contribution in [0.5, 0.6) is 6.01 Å². The van der Waals surface area contributed by atoms with Crippen molar-refractivity contribution in [1.29, 1.82) is 0 Å². The fourth-order valence-corrected chi connectivity index (χ4v) is 5.32. The zero-order valence-electron chi connectivity index (χ0n) is 22.3. The van der Waals surface area contributed by atoms with E-state index in [1.165, 1.54) is 10.7 Å². The fraction of sp³-hybridized carbons (Fsp3) is 0.370. The predicted octanol–water partition coefficient (Wildman–Crippen LogP) is 2.58. The van der Waals surface area contributed by atoms with E-state index in [0.29, 0.717) is 28.5 Å². The van der Waals surface area contributed by atoms with Gasteiger partial charge in [-0.15, -0.1) is 0 Å². The first kappa shape index (κ1) is 25.7. The average molecular weight is 549 g/mol. The third-order valence-corrected chi connectivity index (χ3v) is 6.93. The molecular formula is C27H29FN8O4. The van der Waals surface area contributed by atoms with Crippen LogP contribution in [0.25, 0.3) is 21.8 Å². The highest BCUT2D eigenvalue weighted by atomic mass is 19.1. The second-order valence-corrected chi connectivity index (χ2v) is 10.3. The van der Waals surface area contributed by atoms with E-state index in [-0.39, 0.29) is 35.8 Å². The summed E-state index contributed by atoms with van der Waals surface area (Å²) in [5.41, 5.74) is 2.10. The molecule has 40 heavy (non-hydrogen) atoms. The summed E-state index contributed by atoms with van der Waals surface area (Å²) in [7, 11) is 1.71. The molecule has 4 aromatic rings. The van der Waals surface area contributed by atoms with Crippen molar-refractivity contribution in [3.05, 3.63) is 48.0 Å². The number of hydrogen-bond donors (Lipinski definition) is 3. The second-order valence-electron chi connectivity index (χ2n) is 10.3. The molecule has 1 unspecified atom stereocenters. The molecule has 2 amide bonds. The van der Waals surface area contributed by atoms with Crippen molar-refractivity contribution >= 4 is 45.2 Å². The summed E-state index contributed by atoms with van der Waals surface area (Å²) in [6.45, 7) is 6.17. The number of fused-ring (bicyclic) bond motifs is 2. The van der Waals surface area contributed by atoms with E-state index in [4.69, 9.17) is 9.47 Å². The zero-order chi connectivity index (χ0) is 28.0. The van der Waals surface area contributed by atoms with Crippen LogP contribution in [-0.4, -0.2) is 76.2 Å². The van der Waals surface area contributed by atoms with Crippen LogP contribution in [0.4, 0.5) is 20.6 Å². The van der Waals surface area contributed by atoms with Crippen LogP contribution in [0.1, 0.15) is 24.2 Å². The SMILES string of the molecule is C[C@@H]1CN(c2ccc(C(=O)Nc3cc(F)c4nn(C)cc4c3)c3nc(OCC4CNC(=O)O4)ncc23)C[C@@H](C)N1. The molecule has 2 fully saturated rings. The third kappa shape index (κ3) is 5.07. The molecule has 3 N–H and O–H groups in total. The minimum absolute atomic E-state index is 0.0477. The van der Waals surface area contributed by atoms with Gasteiger partial charge in [-0.05, 0) is 38.1 Å². The lowest BCUT2D eigenvalue weighted by atomic mass is 10.0. The van der Waals surface area contributed by atoms with E-state index in [1.54, 1.807) is 31.6 Å². The predicted molar refractivity (Wildman–Crippen MR) is 146 cm³/mol. The Labute approximate surface area is 228 Å². The molecule has 0 bridgehead atoms. The maximum Gasteiger partial charge on any atom is 0.407 e. The van der Waals surface area contributed by atoms with Crippen LogP contribution < -0.4 is 25.6 Å². The van der Waals surface area contributed by atoms with Gasteiger partial charge in [0, 0.05) is 66.8 Å². The maximum atomic E-state index is 14.7. The summed E-state index contributed by atoms with van der Waals surface area (Å²) in [5.74, 6) is -0.990. The first-order valence-corrected chi connectivity index (χ1v) is 13.1. The highest BCUT2D eigenvalue weighted by Gasteiger charge is 2.26. The molecule has 6 rings (SSSR count). The zero-order valence-corrected chi connectivity index (χ0v) is 22.3. The molecule has 12 nitrogen and oxygen atoms in total. The largest absolute Gasteiger partial charge is 0.459 e. The quantitative estimate of drug-likeness (QED) is 0.332. The molecule has 0 radical (unpaired) electrons. The van der Waals surface area contributed by atoms with E-state index in [2.05, 4.69) is 49.8 Å². The van der Waals surface area contributed by atoms with E-state index >= 15 is 0 Å². The summed E-state index contributed by atoms with van der Waals surface area (Å²) >= 11 is 0. The number of anilines is 2. The van der Waals surface area contributed by atoms with Gasteiger partial charge in [0.1, 0.15) is 12.1 Å². The standard InChI is InChI=1S/C27H29FN8O4/c1-14-10-36(11-15(2)31-14)22-5-4-19(25(37)32-17-6-16-12-35(3)34-23(16)21(28)7-17)24-20(22)9-29-26(33-24)39-13-18-8-30-27(38)40-18/h4-7,9,12,14-15,18,31H,8,10-11,13H2,1-3H3,(H,30,38)(H,32,37)/t14-,15-,18?/m1/s1. The van der Waals surface area contributed by atoms with E-state index in [0.717, 1.165) is 18.8 Å². The summed E-state index contributed by atoms with van der Waals surface area (Å²) in [4.78, 5) is 36.1. The first-order valence-electron chi connectivity index (χ1n) is 13.1. The molecule has 0 saturated carbocycles. The second kappa shape index (κ2) is 10.2. The molecule has 2 saturated heterocycles. The average Bonchev–Trinajstić information content (AvgIpc) is 3.50. The number of aryl methyl sites for hydroxylation is 1. The van der Waals surface area contributed by atoms with Gasteiger partial charge in [0.25, 0.3) is 5.91 Å². The number of nitrogens with zero attached hydrogens (tertiary/aromatic N) is 5. The van der Waals surface area contributed by atoms with Crippen LogP contribution in [0, 0.1) is 5.82 Å². The van der Waals surface area contributed by atoms with Gasteiger partial charge in [0.05, 0.1) is 17.6 Å². The Morgan fingerprint density at radius 2 is 2.02 bits per heavy atom. The van der Waals surface area contributed by atoms with Crippen molar-refractivity contribution in [2.45, 2.75) is 32.0 Å². The Hall–Kier alpha value is -4.52. The van der Waals surface area contributed by atoms with Gasteiger partial charge in [0.2, 0.25) is 0 Å². The van der Waals surface area contributed by atoms with Crippen molar-refractivity contribution in [3.8, 4) is 6.01 Å². The molecule has 0 spiro atoms. The van der Waals surface area contributed by atoms with Gasteiger partial charge in [-0.3, -0.25) is 9.48 Å². The Morgan fingerprint density at radius 3 is 2.77 bits per heavy atom. The van der Waals surface area contributed by atoms with Gasteiger partial charge in [-0.2, -0.15) is 10.1 Å². The molecule has 2 aliphatic heterocycles. The number of ether oxygens (including phenoxy) is 2. The molecule has 2 aliphatic rings. The Bertz CT molecular complexity index is 1620. The molecule has 208 valence electrons. The summed E-state index contributed by atoms with van der Waals surface area (Å²) in [6.07, 6.45) is 2.35. The maximum absolute atomic E-state index is 14.7. The fourth-order valence-electron chi connectivity index (χ4n) is 5.32. The van der Waals surface area contributed by atoms with Crippen LogP contribution >= 0.6 is 0 Å². The van der Waals surface area contributed by atoms with Crippen molar-refractivity contribution in [2.24, 2.45) is 7.05 Å².